The van der Waals surface area contributed by atoms with Crippen LogP contribution in [0.4, 0.5) is 18.9 Å². The predicted octanol–water partition coefficient (Wildman–Crippen LogP) is 3.56. The first-order chi connectivity index (χ1) is 13.1. The molecule has 1 atom stereocenters. The molecule has 28 heavy (non-hydrogen) atoms. The SMILES string of the molecule is CCC(CS(=O)(=O)c1ccccc1)N=C(N)Nc1ccccc1OC(F)(F)F. The molecule has 0 aliphatic rings. The van der Waals surface area contributed by atoms with Crippen molar-refractivity contribution in [3.63, 3.8) is 0 Å². The molecule has 6 nitrogen and oxygen atoms in total. The van der Waals surface area contributed by atoms with Gasteiger partial charge in [-0.25, -0.2) is 13.4 Å². The standard InChI is InChI=1S/C18H20F3N3O3S/c1-2-13(12-28(25,26)14-8-4-3-5-9-14)23-17(22)24-15-10-6-7-11-16(15)27-18(19,20)21/h3-11,13H,2,12H2,1H3,(H3,22,23,24). The second-order valence-electron chi connectivity index (χ2n) is 5.84. The van der Waals surface area contributed by atoms with Gasteiger partial charge in [0.2, 0.25) is 0 Å². The molecule has 0 aliphatic heterocycles. The van der Waals surface area contributed by atoms with Crippen LogP contribution in [0.15, 0.2) is 64.5 Å². The maximum atomic E-state index is 12.5. The topological polar surface area (TPSA) is 93.8 Å². The monoisotopic (exact) mass is 415 g/mol. The average Bonchev–Trinajstić information content (AvgIpc) is 2.62. The molecule has 2 rings (SSSR count). The number of aliphatic imine (C=N–C) groups is 1. The highest BCUT2D eigenvalue weighted by molar-refractivity contribution is 7.91. The fourth-order valence-corrected chi connectivity index (χ4v) is 3.96. The summed E-state index contributed by atoms with van der Waals surface area (Å²) in [6.07, 6.45) is -4.49. The second kappa shape index (κ2) is 8.96. The molecule has 3 N–H and O–H groups in total. The Labute approximate surface area is 161 Å². The molecule has 0 spiro atoms. The molecule has 0 aromatic heterocycles. The Bertz CT molecular complexity index is 916. The zero-order valence-corrected chi connectivity index (χ0v) is 15.8. The number of benzene rings is 2. The minimum atomic E-state index is -4.86. The zero-order valence-electron chi connectivity index (χ0n) is 15.0. The zero-order chi connectivity index (χ0) is 20.8. The second-order valence-corrected chi connectivity index (χ2v) is 7.87. The van der Waals surface area contributed by atoms with Crippen molar-refractivity contribution in [2.75, 3.05) is 11.1 Å². The van der Waals surface area contributed by atoms with E-state index in [1.807, 2.05) is 0 Å². The number of alkyl halides is 3. The molecular weight excluding hydrogens is 395 g/mol. The van der Waals surface area contributed by atoms with E-state index in [1.54, 1.807) is 25.1 Å². The van der Waals surface area contributed by atoms with Crippen LogP contribution in [0.5, 0.6) is 5.75 Å². The third-order valence-corrected chi connectivity index (χ3v) is 5.50. The number of ether oxygens (including phenoxy) is 1. The maximum absolute atomic E-state index is 12.5. The minimum absolute atomic E-state index is 0.0400. The third kappa shape index (κ3) is 6.45. The Morgan fingerprint density at radius 2 is 1.75 bits per heavy atom. The number of halogens is 3. The lowest BCUT2D eigenvalue weighted by Crippen LogP contribution is -2.28. The van der Waals surface area contributed by atoms with Gasteiger partial charge < -0.3 is 15.8 Å². The molecule has 0 bridgehead atoms. The number of rotatable bonds is 7. The van der Waals surface area contributed by atoms with Crippen molar-refractivity contribution in [3.05, 3.63) is 54.6 Å². The van der Waals surface area contributed by atoms with E-state index in [-0.39, 0.29) is 22.3 Å². The van der Waals surface area contributed by atoms with E-state index >= 15 is 0 Å². The number of anilines is 1. The Hall–Kier alpha value is -2.75. The van der Waals surface area contributed by atoms with Crippen LogP contribution >= 0.6 is 0 Å². The van der Waals surface area contributed by atoms with Gasteiger partial charge in [-0.3, -0.25) is 0 Å². The van der Waals surface area contributed by atoms with E-state index in [0.29, 0.717) is 6.42 Å². The molecule has 0 saturated heterocycles. The molecule has 0 heterocycles. The van der Waals surface area contributed by atoms with Crippen LogP contribution < -0.4 is 15.8 Å². The summed E-state index contributed by atoms with van der Waals surface area (Å²) in [6, 6.07) is 12.6. The van der Waals surface area contributed by atoms with Gasteiger partial charge in [0.15, 0.2) is 21.5 Å². The van der Waals surface area contributed by atoms with Crippen LogP contribution in [-0.4, -0.2) is 32.5 Å². The van der Waals surface area contributed by atoms with E-state index in [0.717, 1.165) is 6.07 Å². The summed E-state index contributed by atoms with van der Waals surface area (Å²) in [7, 11) is -3.59. The number of hydrogen-bond donors (Lipinski definition) is 2. The minimum Gasteiger partial charge on any atom is -0.404 e. The molecule has 2 aromatic rings. The van der Waals surface area contributed by atoms with E-state index in [4.69, 9.17) is 5.73 Å². The van der Waals surface area contributed by atoms with Gasteiger partial charge >= 0.3 is 6.36 Å². The van der Waals surface area contributed by atoms with E-state index < -0.39 is 28.0 Å². The Morgan fingerprint density at radius 3 is 2.36 bits per heavy atom. The summed E-state index contributed by atoms with van der Waals surface area (Å²) >= 11 is 0. The molecule has 0 fully saturated rings. The Kier molecular flexibility index (Phi) is 6.90. The first-order valence-electron chi connectivity index (χ1n) is 8.33. The van der Waals surface area contributed by atoms with Crippen LogP contribution in [0.3, 0.4) is 0 Å². The summed E-state index contributed by atoms with van der Waals surface area (Å²) in [4.78, 5) is 4.27. The van der Waals surface area contributed by atoms with Gasteiger partial charge in [0.1, 0.15) is 0 Å². The number of nitrogens with two attached hydrogens (primary N) is 1. The van der Waals surface area contributed by atoms with Gasteiger partial charge in [-0.2, -0.15) is 0 Å². The number of hydrogen-bond acceptors (Lipinski definition) is 4. The van der Waals surface area contributed by atoms with Crippen molar-refractivity contribution in [3.8, 4) is 5.75 Å². The maximum Gasteiger partial charge on any atom is 0.573 e. The highest BCUT2D eigenvalue weighted by atomic mass is 32.2. The smallest absolute Gasteiger partial charge is 0.404 e. The molecule has 10 heteroatoms. The normalized spacial score (nSPS) is 13.8. The molecule has 0 radical (unpaired) electrons. The van der Waals surface area contributed by atoms with Crippen molar-refractivity contribution in [2.24, 2.45) is 10.7 Å². The number of para-hydroxylation sites is 2. The van der Waals surface area contributed by atoms with Crippen LogP contribution in [0.2, 0.25) is 0 Å². The van der Waals surface area contributed by atoms with Gasteiger partial charge in [-0.15, -0.1) is 13.2 Å². The van der Waals surface area contributed by atoms with Crippen LogP contribution in [-0.2, 0) is 9.84 Å². The summed E-state index contributed by atoms with van der Waals surface area (Å²) in [5, 5.41) is 2.53. The summed E-state index contributed by atoms with van der Waals surface area (Å²) < 4.78 is 66.4. The van der Waals surface area contributed by atoms with E-state index in [1.165, 1.54) is 30.3 Å². The molecule has 0 saturated carbocycles. The number of guanidine groups is 1. The lowest BCUT2D eigenvalue weighted by atomic mass is 10.3. The molecule has 2 aromatic carbocycles. The summed E-state index contributed by atoms with van der Waals surface area (Å²) in [5.41, 5.74) is 5.74. The average molecular weight is 415 g/mol. The molecule has 0 amide bonds. The lowest BCUT2D eigenvalue weighted by molar-refractivity contribution is -0.274. The summed E-state index contributed by atoms with van der Waals surface area (Å²) in [5.74, 6) is -0.970. The van der Waals surface area contributed by atoms with Crippen molar-refractivity contribution in [1.29, 1.82) is 0 Å². The number of nitrogens with zero attached hydrogens (tertiary/aromatic N) is 1. The molecule has 1 unspecified atom stereocenters. The number of nitrogens with one attached hydrogen (secondary N) is 1. The Morgan fingerprint density at radius 1 is 1.14 bits per heavy atom. The van der Waals surface area contributed by atoms with Crippen molar-refractivity contribution in [1.82, 2.24) is 0 Å². The molecular formula is C18H20F3N3O3S. The van der Waals surface area contributed by atoms with Gasteiger partial charge in [-0.1, -0.05) is 37.3 Å². The fourth-order valence-electron chi connectivity index (χ4n) is 2.37. The first-order valence-corrected chi connectivity index (χ1v) is 9.99. The van der Waals surface area contributed by atoms with Gasteiger partial charge in [0, 0.05) is 0 Å². The van der Waals surface area contributed by atoms with Gasteiger partial charge in [0.25, 0.3) is 0 Å². The molecule has 152 valence electrons. The quantitative estimate of drug-likeness (QED) is 0.533. The molecule has 0 aliphatic carbocycles. The number of sulfone groups is 1. The largest absolute Gasteiger partial charge is 0.573 e. The lowest BCUT2D eigenvalue weighted by Gasteiger charge is -2.16. The van der Waals surface area contributed by atoms with E-state index in [9.17, 15) is 21.6 Å². The summed E-state index contributed by atoms with van der Waals surface area (Å²) in [6.45, 7) is 1.74. The van der Waals surface area contributed by atoms with Crippen LogP contribution in [0, 0.1) is 0 Å². The van der Waals surface area contributed by atoms with Crippen LogP contribution in [0.1, 0.15) is 13.3 Å². The fraction of sp³-hybridized carbons (Fsp3) is 0.278. The van der Waals surface area contributed by atoms with E-state index in [2.05, 4.69) is 15.0 Å². The van der Waals surface area contributed by atoms with Crippen molar-refractivity contribution >= 4 is 21.5 Å². The highest BCUT2D eigenvalue weighted by Crippen LogP contribution is 2.29. The predicted molar refractivity (Wildman–Crippen MR) is 101 cm³/mol. The van der Waals surface area contributed by atoms with Crippen LogP contribution in [0.25, 0.3) is 0 Å². The van der Waals surface area contributed by atoms with Gasteiger partial charge in [-0.05, 0) is 30.7 Å². The van der Waals surface area contributed by atoms with Crippen molar-refractivity contribution < 1.29 is 26.3 Å². The first kappa shape index (κ1) is 21.5. The Balaban J connectivity index is 2.16. The van der Waals surface area contributed by atoms with Gasteiger partial charge in [0.05, 0.1) is 22.4 Å². The van der Waals surface area contributed by atoms with Crippen molar-refractivity contribution in [2.45, 2.75) is 30.6 Å². The third-order valence-electron chi connectivity index (χ3n) is 3.68. The highest BCUT2D eigenvalue weighted by Gasteiger charge is 2.32.